The number of anilines is 1. The van der Waals surface area contributed by atoms with Crippen molar-refractivity contribution in [1.29, 1.82) is 0 Å². The molecule has 0 unspecified atom stereocenters. The van der Waals surface area contributed by atoms with Gasteiger partial charge in [-0.05, 0) is 18.3 Å². The molecule has 2 N–H and O–H groups in total. The van der Waals surface area contributed by atoms with E-state index in [9.17, 15) is 35.1 Å². The van der Waals surface area contributed by atoms with Gasteiger partial charge < -0.3 is 5.32 Å². The number of nitrogens with zero attached hydrogens (tertiary/aromatic N) is 3. The number of amides is 1. The second-order valence-electron chi connectivity index (χ2n) is 5.08. The van der Waals surface area contributed by atoms with Crippen LogP contribution in [0.25, 0.3) is 0 Å². The minimum absolute atomic E-state index is 0.0446. The first kappa shape index (κ1) is 20.6. The van der Waals surface area contributed by atoms with Crippen LogP contribution in [0.1, 0.15) is 10.4 Å². The molecule has 0 aliphatic heterocycles. The highest BCUT2D eigenvalue weighted by Crippen LogP contribution is 2.27. The highest BCUT2D eigenvalue weighted by Gasteiger charge is 2.20. The molecular weight excluding hydrogens is 418 g/mol. The van der Waals surface area contributed by atoms with Gasteiger partial charge in [-0.15, -0.1) is 0 Å². The molecule has 0 aliphatic carbocycles. The highest BCUT2D eigenvalue weighted by molar-refractivity contribution is 7.80. The highest BCUT2D eigenvalue weighted by atomic mass is 35.5. The van der Waals surface area contributed by atoms with Gasteiger partial charge in [0.25, 0.3) is 23.0 Å². The summed E-state index contributed by atoms with van der Waals surface area (Å²) in [6, 6.07) is 5.90. The van der Waals surface area contributed by atoms with Crippen LogP contribution >= 0.6 is 23.8 Å². The van der Waals surface area contributed by atoms with Gasteiger partial charge in [0.2, 0.25) is 0 Å². The first-order chi connectivity index (χ1) is 13.1. The van der Waals surface area contributed by atoms with E-state index in [2.05, 4.69) is 10.6 Å². The molecule has 0 aliphatic rings. The molecule has 2 aromatic rings. The fourth-order valence-corrected chi connectivity index (χ4v) is 2.41. The number of non-ortho nitro benzene ring substituents is 3. The summed E-state index contributed by atoms with van der Waals surface area (Å²) in [5.74, 6) is -0.942. The normalized spacial score (nSPS) is 10.0. The van der Waals surface area contributed by atoms with Gasteiger partial charge in [0, 0.05) is 24.3 Å². The van der Waals surface area contributed by atoms with E-state index in [1.807, 2.05) is 0 Å². The van der Waals surface area contributed by atoms with E-state index >= 15 is 0 Å². The number of halogens is 1. The Morgan fingerprint density at radius 2 is 1.43 bits per heavy atom. The summed E-state index contributed by atoms with van der Waals surface area (Å²) in [5.41, 5.74) is -1.75. The molecule has 12 nitrogen and oxygen atoms in total. The Morgan fingerprint density at radius 1 is 0.893 bits per heavy atom. The summed E-state index contributed by atoms with van der Waals surface area (Å²) < 4.78 is 0. The van der Waals surface area contributed by atoms with Crippen LogP contribution in [0, 0.1) is 30.3 Å². The molecule has 0 radical (unpaired) electrons. The van der Waals surface area contributed by atoms with E-state index in [0.717, 1.165) is 24.3 Å². The van der Waals surface area contributed by atoms with Crippen LogP contribution in [0.5, 0.6) is 0 Å². The van der Waals surface area contributed by atoms with Crippen molar-refractivity contribution >= 4 is 57.6 Å². The van der Waals surface area contributed by atoms with Crippen molar-refractivity contribution in [2.45, 2.75) is 0 Å². The monoisotopic (exact) mass is 425 g/mol. The molecule has 1 amide bonds. The standard InChI is InChI=1S/C14H8ClN5O7S/c15-11-6-8(18(22)23)1-2-12(11)16-14(28)17-13(21)7-3-9(19(24)25)5-10(4-7)20(26)27/h1-6H,(H2,16,17,21,28). The maximum Gasteiger partial charge on any atom is 0.277 e. The van der Waals surface area contributed by atoms with E-state index in [1.54, 1.807) is 0 Å². The zero-order valence-corrected chi connectivity index (χ0v) is 15.0. The SMILES string of the molecule is O=C(NC(=S)Nc1ccc([N+](=O)[O-])cc1Cl)c1cc([N+](=O)[O-])cc([N+](=O)[O-])c1. The third kappa shape index (κ3) is 4.93. The van der Waals surface area contributed by atoms with Gasteiger partial charge >= 0.3 is 0 Å². The molecule has 28 heavy (non-hydrogen) atoms. The number of carbonyl (C=O) groups excluding carboxylic acids is 1. The average Bonchev–Trinajstić information content (AvgIpc) is 2.62. The number of hydrogen-bond donors (Lipinski definition) is 2. The van der Waals surface area contributed by atoms with Gasteiger partial charge in [0.05, 0.1) is 37.1 Å². The molecule has 0 heterocycles. The molecule has 0 aromatic heterocycles. The van der Waals surface area contributed by atoms with Crippen LogP contribution in [0.4, 0.5) is 22.7 Å². The van der Waals surface area contributed by atoms with Crippen molar-refractivity contribution in [3.63, 3.8) is 0 Å². The Hall–Kier alpha value is -3.71. The van der Waals surface area contributed by atoms with Crippen molar-refractivity contribution in [2.24, 2.45) is 0 Å². The number of carbonyl (C=O) groups is 1. The minimum Gasteiger partial charge on any atom is -0.331 e. The second kappa shape index (κ2) is 8.32. The van der Waals surface area contributed by atoms with E-state index in [4.69, 9.17) is 23.8 Å². The van der Waals surface area contributed by atoms with Crippen molar-refractivity contribution in [2.75, 3.05) is 5.32 Å². The summed E-state index contributed by atoms with van der Waals surface area (Å²) >= 11 is 10.8. The molecule has 14 heteroatoms. The first-order valence-electron chi connectivity index (χ1n) is 7.08. The van der Waals surface area contributed by atoms with Crippen LogP contribution in [0.3, 0.4) is 0 Å². The van der Waals surface area contributed by atoms with Gasteiger partial charge in [-0.25, -0.2) is 0 Å². The first-order valence-corrected chi connectivity index (χ1v) is 7.87. The predicted octanol–water partition coefficient (Wildman–Crippen LogP) is 3.19. The van der Waals surface area contributed by atoms with Crippen molar-refractivity contribution in [1.82, 2.24) is 5.32 Å². The molecular formula is C14H8ClN5O7S. The van der Waals surface area contributed by atoms with E-state index in [1.165, 1.54) is 6.07 Å². The Bertz CT molecular complexity index is 997. The summed E-state index contributed by atoms with van der Waals surface area (Å²) in [5, 5.41) is 36.8. The van der Waals surface area contributed by atoms with E-state index in [-0.39, 0.29) is 27.1 Å². The number of nitro benzene ring substituents is 3. The molecule has 0 saturated carbocycles. The Morgan fingerprint density at radius 3 is 1.89 bits per heavy atom. The third-order valence-electron chi connectivity index (χ3n) is 3.23. The maximum atomic E-state index is 12.2. The fraction of sp³-hybridized carbons (Fsp3) is 0. The quantitative estimate of drug-likeness (QED) is 0.414. The van der Waals surface area contributed by atoms with Crippen LogP contribution in [0.2, 0.25) is 5.02 Å². The average molecular weight is 426 g/mol. The summed E-state index contributed by atoms with van der Waals surface area (Å²) in [7, 11) is 0. The third-order valence-corrected chi connectivity index (χ3v) is 3.74. The van der Waals surface area contributed by atoms with Gasteiger partial charge in [0.15, 0.2) is 5.11 Å². The molecule has 0 spiro atoms. The number of thiocarbonyl (C=S) groups is 1. The second-order valence-corrected chi connectivity index (χ2v) is 5.90. The lowest BCUT2D eigenvalue weighted by molar-refractivity contribution is -0.394. The predicted molar refractivity (Wildman–Crippen MR) is 102 cm³/mol. The van der Waals surface area contributed by atoms with Crippen molar-refractivity contribution in [3.8, 4) is 0 Å². The summed E-state index contributed by atoms with van der Waals surface area (Å²) in [6.07, 6.45) is 0. The van der Waals surface area contributed by atoms with Crippen LogP contribution in [0.15, 0.2) is 36.4 Å². The van der Waals surface area contributed by atoms with Crippen molar-refractivity contribution < 1.29 is 19.6 Å². The van der Waals surface area contributed by atoms with Gasteiger partial charge in [-0.1, -0.05) is 11.6 Å². The number of hydrogen-bond acceptors (Lipinski definition) is 8. The topological polar surface area (TPSA) is 171 Å². The van der Waals surface area contributed by atoms with Crippen LogP contribution < -0.4 is 10.6 Å². The Labute approximate surface area is 165 Å². The molecule has 0 fully saturated rings. The molecule has 2 rings (SSSR count). The largest absolute Gasteiger partial charge is 0.331 e. The van der Waals surface area contributed by atoms with E-state index < -0.39 is 32.1 Å². The van der Waals surface area contributed by atoms with Crippen LogP contribution in [-0.4, -0.2) is 25.8 Å². The van der Waals surface area contributed by atoms with Crippen molar-refractivity contribution in [3.05, 3.63) is 77.3 Å². The summed E-state index contributed by atoms with van der Waals surface area (Å²) in [4.78, 5) is 42.3. The molecule has 0 saturated heterocycles. The van der Waals surface area contributed by atoms with E-state index in [0.29, 0.717) is 6.07 Å². The number of nitrogens with one attached hydrogen (secondary N) is 2. The summed E-state index contributed by atoms with van der Waals surface area (Å²) in [6.45, 7) is 0. The molecule has 2 aromatic carbocycles. The number of benzene rings is 2. The zero-order chi connectivity index (χ0) is 21.0. The van der Waals surface area contributed by atoms with Crippen LogP contribution in [-0.2, 0) is 0 Å². The Kier molecular flexibility index (Phi) is 6.12. The zero-order valence-electron chi connectivity index (χ0n) is 13.4. The maximum absolute atomic E-state index is 12.2. The van der Waals surface area contributed by atoms with Gasteiger partial charge in [0.1, 0.15) is 0 Å². The number of nitro groups is 3. The molecule has 144 valence electrons. The fourth-order valence-electron chi connectivity index (χ4n) is 1.98. The molecule has 0 bridgehead atoms. The lowest BCUT2D eigenvalue weighted by atomic mass is 10.1. The lowest BCUT2D eigenvalue weighted by Gasteiger charge is -2.10. The molecule has 0 atom stereocenters. The van der Waals surface area contributed by atoms with Gasteiger partial charge in [-0.3, -0.25) is 40.5 Å². The smallest absolute Gasteiger partial charge is 0.277 e. The lowest BCUT2D eigenvalue weighted by Crippen LogP contribution is -2.34. The Balaban J connectivity index is 2.18. The number of rotatable bonds is 5. The minimum atomic E-state index is -0.942. The van der Waals surface area contributed by atoms with Gasteiger partial charge in [-0.2, -0.15) is 0 Å².